The van der Waals surface area contributed by atoms with Gasteiger partial charge in [0, 0.05) is 11.1 Å². The van der Waals surface area contributed by atoms with Crippen molar-refractivity contribution in [2.75, 3.05) is 5.75 Å². The summed E-state index contributed by atoms with van der Waals surface area (Å²) in [5.74, 6) is 0.959. The van der Waals surface area contributed by atoms with Gasteiger partial charge in [0.25, 0.3) is 0 Å². The molecule has 1 aliphatic rings. The lowest BCUT2D eigenvalue weighted by Crippen LogP contribution is -1.99. The van der Waals surface area contributed by atoms with Crippen LogP contribution in [-0.2, 0) is 0 Å². The molecule has 2 aromatic rings. The minimum Gasteiger partial charge on any atom is -0.478 e. The van der Waals surface area contributed by atoms with E-state index in [0.29, 0.717) is 5.52 Å². The molecule has 0 unspecified atom stereocenters. The SMILES string of the molecule is O=C(O)c1ccc2c(SCC3CCCC3)ncnc2c1. The molecule has 20 heavy (non-hydrogen) atoms. The van der Waals surface area contributed by atoms with Gasteiger partial charge in [0.2, 0.25) is 0 Å². The van der Waals surface area contributed by atoms with E-state index in [-0.39, 0.29) is 5.56 Å². The third-order valence-corrected chi connectivity index (χ3v) is 5.01. The topological polar surface area (TPSA) is 63.1 Å². The molecular weight excluding hydrogens is 272 g/mol. The first kappa shape index (κ1) is 13.4. The zero-order chi connectivity index (χ0) is 13.9. The molecule has 0 aliphatic heterocycles. The molecular formula is C15H16N2O2S. The van der Waals surface area contributed by atoms with Crippen LogP contribution in [0.3, 0.4) is 0 Å². The van der Waals surface area contributed by atoms with Crippen molar-refractivity contribution in [1.82, 2.24) is 9.97 Å². The summed E-state index contributed by atoms with van der Waals surface area (Å²) in [5.41, 5.74) is 0.969. The van der Waals surface area contributed by atoms with Crippen molar-refractivity contribution in [3.63, 3.8) is 0 Å². The van der Waals surface area contributed by atoms with Crippen LogP contribution < -0.4 is 0 Å². The van der Waals surface area contributed by atoms with Crippen LogP contribution in [0.1, 0.15) is 36.0 Å². The van der Waals surface area contributed by atoms with Gasteiger partial charge in [0.15, 0.2) is 0 Å². The minimum absolute atomic E-state index is 0.267. The third-order valence-electron chi connectivity index (χ3n) is 3.78. The molecule has 1 aromatic heterocycles. The van der Waals surface area contributed by atoms with Crippen LogP contribution in [0.5, 0.6) is 0 Å². The van der Waals surface area contributed by atoms with Gasteiger partial charge < -0.3 is 5.11 Å². The Morgan fingerprint density at radius 3 is 2.85 bits per heavy atom. The number of carboxylic acids is 1. The van der Waals surface area contributed by atoms with Crippen LogP contribution in [0.15, 0.2) is 29.6 Å². The van der Waals surface area contributed by atoms with Gasteiger partial charge >= 0.3 is 5.97 Å². The Hall–Kier alpha value is -1.62. The largest absolute Gasteiger partial charge is 0.478 e. The summed E-state index contributed by atoms with van der Waals surface area (Å²) in [4.78, 5) is 19.5. The van der Waals surface area contributed by atoms with Gasteiger partial charge in [-0.15, -0.1) is 11.8 Å². The Balaban J connectivity index is 1.85. The molecule has 3 rings (SSSR count). The van der Waals surface area contributed by atoms with Gasteiger partial charge in [0.1, 0.15) is 11.4 Å². The number of carbonyl (C=O) groups is 1. The van der Waals surface area contributed by atoms with Crippen LogP contribution in [0, 0.1) is 5.92 Å². The zero-order valence-corrected chi connectivity index (χ0v) is 11.9. The van der Waals surface area contributed by atoms with E-state index in [2.05, 4.69) is 9.97 Å². The van der Waals surface area contributed by atoms with Crippen molar-refractivity contribution in [2.45, 2.75) is 30.7 Å². The predicted octanol–water partition coefficient (Wildman–Crippen LogP) is 3.61. The number of carboxylic acid groups (broad SMARTS) is 1. The molecule has 1 fully saturated rings. The zero-order valence-electron chi connectivity index (χ0n) is 11.1. The average Bonchev–Trinajstić information content (AvgIpc) is 2.97. The van der Waals surface area contributed by atoms with E-state index < -0.39 is 5.97 Å². The highest BCUT2D eigenvalue weighted by Gasteiger charge is 2.16. The van der Waals surface area contributed by atoms with E-state index in [4.69, 9.17) is 5.11 Å². The monoisotopic (exact) mass is 288 g/mol. The summed E-state index contributed by atoms with van der Waals surface area (Å²) < 4.78 is 0. The minimum atomic E-state index is -0.925. The van der Waals surface area contributed by atoms with Crippen molar-refractivity contribution in [3.05, 3.63) is 30.1 Å². The fraction of sp³-hybridized carbons (Fsp3) is 0.400. The number of nitrogens with zero attached hydrogens (tertiary/aromatic N) is 2. The maximum atomic E-state index is 11.0. The third kappa shape index (κ3) is 2.77. The summed E-state index contributed by atoms with van der Waals surface area (Å²) in [6, 6.07) is 5.04. The molecule has 1 N–H and O–H groups in total. The molecule has 0 bridgehead atoms. The summed E-state index contributed by atoms with van der Waals surface area (Å²) in [7, 11) is 0. The Bertz CT molecular complexity index is 639. The lowest BCUT2D eigenvalue weighted by molar-refractivity contribution is 0.0697. The van der Waals surface area contributed by atoms with Crippen LogP contribution in [0.25, 0.3) is 10.9 Å². The molecule has 1 heterocycles. The summed E-state index contributed by atoms with van der Waals surface area (Å²) in [6.07, 6.45) is 6.85. The van der Waals surface area contributed by atoms with Crippen molar-refractivity contribution in [3.8, 4) is 0 Å². The van der Waals surface area contributed by atoms with Crippen molar-refractivity contribution in [2.24, 2.45) is 5.92 Å². The number of thioether (sulfide) groups is 1. The number of hydrogen-bond acceptors (Lipinski definition) is 4. The molecule has 1 aliphatic carbocycles. The standard InChI is InChI=1S/C15H16N2O2S/c18-15(19)11-5-6-12-13(7-11)16-9-17-14(12)20-8-10-3-1-2-4-10/h5-7,9-10H,1-4,8H2,(H,18,19). The van der Waals surface area contributed by atoms with E-state index >= 15 is 0 Å². The van der Waals surface area contributed by atoms with Gasteiger partial charge in [-0.3, -0.25) is 0 Å². The summed E-state index contributed by atoms with van der Waals surface area (Å²) >= 11 is 1.76. The highest BCUT2D eigenvalue weighted by Crippen LogP contribution is 2.32. The van der Waals surface area contributed by atoms with Crippen LogP contribution in [0.2, 0.25) is 0 Å². The van der Waals surface area contributed by atoms with Crippen LogP contribution in [-0.4, -0.2) is 26.8 Å². The fourth-order valence-corrected chi connectivity index (χ4v) is 3.83. The van der Waals surface area contributed by atoms with E-state index in [0.717, 1.165) is 22.1 Å². The van der Waals surface area contributed by atoms with Crippen molar-refractivity contribution >= 4 is 28.6 Å². The normalized spacial score (nSPS) is 15.8. The molecule has 4 nitrogen and oxygen atoms in total. The Morgan fingerprint density at radius 2 is 2.10 bits per heavy atom. The van der Waals surface area contributed by atoms with Gasteiger partial charge in [-0.1, -0.05) is 12.8 Å². The molecule has 0 amide bonds. The van der Waals surface area contributed by atoms with Gasteiger partial charge in [-0.05, 0) is 37.0 Å². The fourth-order valence-electron chi connectivity index (χ4n) is 2.65. The molecule has 0 atom stereocenters. The highest BCUT2D eigenvalue weighted by atomic mass is 32.2. The van der Waals surface area contributed by atoms with Crippen LogP contribution in [0.4, 0.5) is 0 Å². The molecule has 5 heteroatoms. The maximum Gasteiger partial charge on any atom is 0.335 e. The lowest BCUT2D eigenvalue weighted by Gasteiger charge is -2.09. The number of aromatic carboxylic acids is 1. The Labute approximate surface area is 121 Å². The molecule has 1 aromatic carbocycles. The second-order valence-electron chi connectivity index (χ2n) is 5.18. The van der Waals surface area contributed by atoms with Crippen LogP contribution >= 0.6 is 11.8 Å². The summed E-state index contributed by atoms with van der Waals surface area (Å²) in [6.45, 7) is 0. The first-order valence-corrected chi connectivity index (χ1v) is 7.83. The second-order valence-corrected chi connectivity index (χ2v) is 6.19. The number of rotatable bonds is 4. The van der Waals surface area contributed by atoms with E-state index in [1.807, 2.05) is 6.07 Å². The number of hydrogen-bond donors (Lipinski definition) is 1. The van der Waals surface area contributed by atoms with E-state index in [9.17, 15) is 4.79 Å². The molecule has 0 spiro atoms. The molecule has 1 saturated carbocycles. The quantitative estimate of drug-likeness (QED) is 0.688. The first-order chi connectivity index (χ1) is 9.74. The van der Waals surface area contributed by atoms with Gasteiger partial charge in [-0.25, -0.2) is 14.8 Å². The smallest absolute Gasteiger partial charge is 0.335 e. The Kier molecular flexibility index (Phi) is 3.87. The van der Waals surface area contributed by atoms with E-state index in [1.54, 1.807) is 23.9 Å². The lowest BCUT2D eigenvalue weighted by atomic mass is 10.1. The van der Waals surface area contributed by atoms with Crippen molar-refractivity contribution < 1.29 is 9.90 Å². The molecule has 104 valence electrons. The molecule has 0 radical (unpaired) electrons. The second kappa shape index (κ2) is 5.79. The predicted molar refractivity (Wildman–Crippen MR) is 79.2 cm³/mol. The Morgan fingerprint density at radius 1 is 1.30 bits per heavy atom. The van der Waals surface area contributed by atoms with E-state index in [1.165, 1.54) is 32.0 Å². The maximum absolute atomic E-state index is 11.0. The average molecular weight is 288 g/mol. The number of aromatic nitrogens is 2. The van der Waals surface area contributed by atoms with Crippen molar-refractivity contribution in [1.29, 1.82) is 0 Å². The highest BCUT2D eigenvalue weighted by molar-refractivity contribution is 7.99. The summed E-state index contributed by atoms with van der Waals surface area (Å²) in [5, 5.41) is 10.9. The van der Waals surface area contributed by atoms with Gasteiger partial charge in [0.05, 0.1) is 11.1 Å². The molecule has 0 saturated heterocycles. The number of fused-ring (bicyclic) bond motifs is 1. The number of benzene rings is 1. The van der Waals surface area contributed by atoms with Gasteiger partial charge in [-0.2, -0.15) is 0 Å². The first-order valence-electron chi connectivity index (χ1n) is 6.85.